The van der Waals surface area contributed by atoms with E-state index in [1.54, 1.807) is 11.7 Å². The fourth-order valence-electron chi connectivity index (χ4n) is 2.05. The van der Waals surface area contributed by atoms with Gasteiger partial charge in [0.05, 0.1) is 28.7 Å². The van der Waals surface area contributed by atoms with E-state index in [4.69, 9.17) is 5.11 Å². The second-order valence-corrected chi connectivity index (χ2v) is 5.32. The zero-order valence-corrected chi connectivity index (χ0v) is 11.4. The molecular formula is C13H9N3O4S. The molecule has 0 saturated heterocycles. The smallest absolute Gasteiger partial charge is 0.335 e. The highest BCUT2D eigenvalue weighted by Crippen LogP contribution is 2.14. The van der Waals surface area contributed by atoms with Crippen molar-refractivity contribution in [1.82, 2.24) is 14.5 Å². The van der Waals surface area contributed by atoms with Gasteiger partial charge in [-0.3, -0.25) is 19.1 Å². The molecule has 0 amide bonds. The Bertz CT molecular complexity index is 940. The standard InChI is InChI=1S/C13H9N3O4S/c17-11-12(18)16(5-8-4-14-6-21-8)10-2-1-7(13(19)20)3-9(10)15-11/h1-4,6H,5H2,(H,15,17)(H,19,20). The van der Waals surface area contributed by atoms with Crippen molar-refractivity contribution >= 4 is 28.3 Å². The van der Waals surface area contributed by atoms with E-state index in [2.05, 4.69) is 9.97 Å². The number of aromatic nitrogens is 3. The van der Waals surface area contributed by atoms with Crippen LogP contribution in [0.4, 0.5) is 0 Å². The Morgan fingerprint density at radius 1 is 1.38 bits per heavy atom. The van der Waals surface area contributed by atoms with Gasteiger partial charge in [0.2, 0.25) is 0 Å². The Morgan fingerprint density at radius 2 is 2.19 bits per heavy atom. The summed E-state index contributed by atoms with van der Waals surface area (Å²) in [6.07, 6.45) is 1.62. The molecule has 2 N–H and O–H groups in total. The molecule has 0 unspecified atom stereocenters. The first-order valence-electron chi connectivity index (χ1n) is 5.94. The molecule has 7 nitrogen and oxygen atoms in total. The molecule has 0 saturated carbocycles. The van der Waals surface area contributed by atoms with Crippen molar-refractivity contribution in [2.45, 2.75) is 6.54 Å². The molecule has 3 aromatic rings. The van der Waals surface area contributed by atoms with E-state index in [1.165, 1.54) is 34.1 Å². The summed E-state index contributed by atoms with van der Waals surface area (Å²) in [5, 5.41) is 8.98. The Kier molecular flexibility index (Phi) is 3.15. The molecule has 1 aromatic carbocycles. The van der Waals surface area contributed by atoms with Crippen molar-refractivity contribution in [1.29, 1.82) is 0 Å². The molecule has 3 rings (SSSR count). The molecule has 0 fully saturated rings. The van der Waals surface area contributed by atoms with Crippen LogP contribution in [-0.4, -0.2) is 25.6 Å². The minimum Gasteiger partial charge on any atom is -0.478 e. The van der Waals surface area contributed by atoms with Gasteiger partial charge in [0, 0.05) is 11.1 Å². The fraction of sp³-hybridized carbons (Fsp3) is 0.0769. The molecule has 8 heteroatoms. The fourth-order valence-corrected chi connectivity index (χ4v) is 2.63. The van der Waals surface area contributed by atoms with Crippen LogP contribution in [0.1, 0.15) is 15.2 Å². The molecule has 0 aliphatic heterocycles. The second-order valence-electron chi connectivity index (χ2n) is 4.35. The lowest BCUT2D eigenvalue weighted by Crippen LogP contribution is -2.36. The Morgan fingerprint density at radius 3 is 2.86 bits per heavy atom. The normalized spacial score (nSPS) is 10.9. The molecule has 0 atom stereocenters. The predicted molar refractivity (Wildman–Crippen MR) is 77.0 cm³/mol. The number of thiazole rings is 1. The maximum Gasteiger partial charge on any atom is 0.335 e. The van der Waals surface area contributed by atoms with Crippen molar-refractivity contribution in [3.05, 3.63) is 61.1 Å². The predicted octanol–water partition coefficient (Wildman–Crippen LogP) is 0.893. The number of rotatable bonds is 3. The first-order valence-corrected chi connectivity index (χ1v) is 6.82. The van der Waals surface area contributed by atoms with Crippen molar-refractivity contribution < 1.29 is 9.90 Å². The summed E-state index contributed by atoms with van der Waals surface area (Å²) < 4.78 is 1.31. The summed E-state index contributed by atoms with van der Waals surface area (Å²) in [5.41, 5.74) is 0.995. The van der Waals surface area contributed by atoms with Crippen LogP contribution in [0, 0.1) is 0 Å². The Hall–Kier alpha value is -2.74. The topological polar surface area (TPSA) is 105 Å². The number of nitrogens with one attached hydrogen (secondary N) is 1. The number of carboxylic acids is 1. The second kappa shape index (κ2) is 4.98. The largest absolute Gasteiger partial charge is 0.478 e. The van der Waals surface area contributed by atoms with Crippen molar-refractivity contribution in [3.63, 3.8) is 0 Å². The molecule has 106 valence electrons. The summed E-state index contributed by atoms with van der Waals surface area (Å²) in [5.74, 6) is -1.10. The highest BCUT2D eigenvalue weighted by atomic mass is 32.1. The molecular weight excluding hydrogens is 294 g/mol. The van der Waals surface area contributed by atoms with Gasteiger partial charge in [0.1, 0.15) is 0 Å². The number of fused-ring (bicyclic) bond motifs is 1. The average Bonchev–Trinajstić information content (AvgIpc) is 2.96. The molecule has 0 aliphatic carbocycles. The van der Waals surface area contributed by atoms with Gasteiger partial charge in [-0.25, -0.2) is 4.79 Å². The van der Waals surface area contributed by atoms with Crippen LogP contribution in [0.2, 0.25) is 0 Å². The highest BCUT2D eigenvalue weighted by molar-refractivity contribution is 7.09. The number of benzene rings is 1. The summed E-state index contributed by atoms with van der Waals surface area (Å²) in [6.45, 7) is 0.219. The van der Waals surface area contributed by atoms with Gasteiger partial charge in [-0.15, -0.1) is 11.3 Å². The Balaban J connectivity index is 2.26. The first kappa shape index (κ1) is 13.3. The average molecular weight is 303 g/mol. The highest BCUT2D eigenvalue weighted by Gasteiger charge is 2.11. The lowest BCUT2D eigenvalue weighted by Gasteiger charge is -2.08. The van der Waals surface area contributed by atoms with Gasteiger partial charge in [-0.05, 0) is 18.2 Å². The van der Waals surface area contributed by atoms with E-state index in [0.29, 0.717) is 11.0 Å². The number of nitrogens with zero attached hydrogens (tertiary/aromatic N) is 2. The van der Waals surface area contributed by atoms with Crippen molar-refractivity contribution in [2.75, 3.05) is 0 Å². The lowest BCUT2D eigenvalue weighted by atomic mass is 10.2. The summed E-state index contributed by atoms with van der Waals surface area (Å²) in [6, 6.07) is 4.24. The van der Waals surface area contributed by atoms with Crippen LogP contribution in [0.3, 0.4) is 0 Å². The molecule has 2 heterocycles. The molecule has 21 heavy (non-hydrogen) atoms. The minimum absolute atomic E-state index is 0.0427. The van der Waals surface area contributed by atoms with Crippen LogP contribution in [0.5, 0.6) is 0 Å². The van der Waals surface area contributed by atoms with Gasteiger partial charge in [-0.1, -0.05) is 0 Å². The van der Waals surface area contributed by atoms with Crippen molar-refractivity contribution in [3.8, 4) is 0 Å². The van der Waals surface area contributed by atoms with Crippen LogP contribution < -0.4 is 11.1 Å². The van der Waals surface area contributed by atoms with Gasteiger partial charge in [0.15, 0.2) is 0 Å². The number of aromatic amines is 1. The zero-order chi connectivity index (χ0) is 15.0. The lowest BCUT2D eigenvalue weighted by molar-refractivity contribution is 0.0697. The van der Waals surface area contributed by atoms with Crippen LogP contribution in [0.25, 0.3) is 11.0 Å². The molecule has 0 spiro atoms. The van der Waals surface area contributed by atoms with Gasteiger partial charge < -0.3 is 10.1 Å². The number of hydrogen-bond donors (Lipinski definition) is 2. The number of H-pyrrole nitrogens is 1. The maximum absolute atomic E-state index is 12.0. The van der Waals surface area contributed by atoms with E-state index in [9.17, 15) is 14.4 Å². The van der Waals surface area contributed by atoms with Gasteiger partial charge in [-0.2, -0.15) is 0 Å². The van der Waals surface area contributed by atoms with Gasteiger partial charge >= 0.3 is 17.1 Å². The number of aromatic carboxylic acids is 1. The molecule has 2 aromatic heterocycles. The third kappa shape index (κ3) is 2.36. The first-order chi connectivity index (χ1) is 10.1. The van der Waals surface area contributed by atoms with E-state index in [1.807, 2.05) is 0 Å². The van der Waals surface area contributed by atoms with E-state index >= 15 is 0 Å². The monoisotopic (exact) mass is 303 g/mol. The third-order valence-corrected chi connectivity index (χ3v) is 3.78. The molecule has 0 radical (unpaired) electrons. The van der Waals surface area contributed by atoms with E-state index < -0.39 is 17.1 Å². The van der Waals surface area contributed by atoms with Gasteiger partial charge in [0.25, 0.3) is 0 Å². The van der Waals surface area contributed by atoms with E-state index in [0.717, 1.165) is 4.88 Å². The Labute approximate surface area is 121 Å². The molecule has 0 bridgehead atoms. The van der Waals surface area contributed by atoms with E-state index in [-0.39, 0.29) is 12.1 Å². The van der Waals surface area contributed by atoms with Crippen LogP contribution >= 0.6 is 11.3 Å². The number of carbonyl (C=O) groups is 1. The molecule has 0 aliphatic rings. The van der Waals surface area contributed by atoms with Crippen LogP contribution in [0.15, 0.2) is 39.5 Å². The van der Waals surface area contributed by atoms with Crippen molar-refractivity contribution in [2.24, 2.45) is 0 Å². The summed E-state index contributed by atoms with van der Waals surface area (Å²) >= 11 is 1.37. The van der Waals surface area contributed by atoms with Crippen LogP contribution in [-0.2, 0) is 6.54 Å². The summed E-state index contributed by atoms with van der Waals surface area (Å²) in [4.78, 5) is 41.9. The number of carboxylic acid groups (broad SMARTS) is 1. The SMILES string of the molecule is O=C(O)c1ccc2c(c1)[nH]c(=O)c(=O)n2Cc1cncs1. The minimum atomic E-state index is -1.10. The summed E-state index contributed by atoms with van der Waals surface area (Å²) in [7, 11) is 0. The quantitative estimate of drug-likeness (QED) is 0.699. The zero-order valence-electron chi connectivity index (χ0n) is 10.6. The number of hydrogen-bond acceptors (Lipinski definition) is 5. The third-order valence-electron chi connectivity index (χ3n) is 3.02. The maximum atomic E-state index is 12.0.